The predicted octanol–water partition coefficient (Wildman–Crippen LogP) is 2.19. The minimum Gasteiger partial charge on any atom is -0.234 e. The van der Waals surface area contributed by atoms with Gasteiger partial charge < -0.3 is 0 Å². The molecule has 0 amide bonds. The van der Waals surface area contributed by atoms with E-state index in [0.29, 0.717) is 5.69 Å². The van der Waals surface area contributed by atoms with Crippen LogP contribution in [0.3, 0.4) is 0 Å². The smallest absolute Gasteiger partial charge is 0.185 e. The molecule has 94 valence electrons. The van der Waals surface area contributed by atoms with Crippen LogP contribution < -0.4 is 0 Å². The van der Waals surface area contributed by atoms with Crippen molar-refractivity contribution in [2.45, 2.75) is 51.5 Å². The zero-order chi connectivity index (χ0) is 12.8. The number of rotatable bonds is 4. The fraction of sp³-hybridized carbons (Fsp3) is 0.692. The molecule has 0 aromatic carbocycles. The molecule has 1 heterocycles. The zero-order valence-electron chi connectivity index (χ0n) is 10.5. The first-order valence-electron chi connectivity index (χ1n) is 6.54. The largest absolute Gasteiger partial charge is 0.234 e. The van der Waals surface area contributed by atoms with Crippen LogP contribution in [0, 0.1) is 28.6 Å². The molecule has 5 nitrogen and oxygen atoms in total. The van der Waals surface area contributed by atoms with Crippen molar-refractivity contribution in [3.63, 3.8) is 0 Å². The lowest BCUT2D eigenvalue weighted by Gasteiger charge is -2.21. The molecule has 1 saturated carbocycles. The maximum Gasteiger partial charge on any atom is 0.185 e. The molecule has 1 aliphatic rings. The van der Waals surface area contributed by atoms with E-state index in [1.54, 1.807) is 4.68 Å². The lowest BCUT2D eigenvalue weighted by molar-refractivity contribution is 0.336. The van der Waals surface area contributed by atoms with Crippen LogP contribution in [-0.2, 0) is 13.0 Å². The molecule has 1 aromatic heterocycles. The number of nitrogens with zero attached hydrogens (tertiary/aromatic N) is 5. The van der Waals surface area contributed by atoms with Crippen LogP contribution in [0.4, 0.5) is 0 Å². The van der Waals surface area contributed by atoms with Gasteiger partial charge in [-0.1, -0.05) is 37.3 Å². The van der Waals surface area contributed by atoms with E-state index in [-0.39, 0.29) is 6.54 Å². The van der Waals surface area contributed by atoms with Crippen molar-refractivity contribution in [2.75, 3.05) is 0 Å². The molecule has 2 rings (SSSR count). The topological polar surface area (TPSA) is 78.3 Å². The molecule has 1 aromatic rings. The highest BCUT2D eigenvalue weighted by Gasteiger charge is 2.17. The first kappa shape index (κ1) is 12.6. The van der Waals surface area contributed by atoms with Gasteiger partial charge in [0, 0.05) is 0 Å². The zero-order valence-corrected chi connectivity index (χ0v) is 10.5. The average Bonchev–Trinajstić information content (AvgIpc) is 2.80. The van der Waals surface area contributed by atoms with Gasteiger partial charge in [0.05, 0.1) is 11.8 Å². The molecule has 0 unspecified atom stereocenters. The summed E-state index contributed by atoms with van der Waals surface area (Å²) in [7, 11) is 0. The minimum atomic E-state index is 0.175. The molecule has 5 heteroatoms. The third-order valence-electron chi connectivity index (χ3n) is 3.68. The van der Waals surface area contributed by atoms with Gasteiger partial charge in [0.25, 0.3) is 0 Å². The molecule has 0 bridgehead atoms. The van der Waals surface area contributed by atoms with Crippen molar-refractivity contribution < 1.29 is 0 Å². The van der Waals surface area contributed by atoms with Crippen molar-refractivity contribution in [2.24, 2.45) is 5.92 Å². The molecule has 1 fully saturated rings. The molecule has 0 aliphatic heterocycles. The predicted molar refractivity (Wildman–Crippen MR) is 65.2 cm³/mol. The maximum absolute atomic E-state index is 8.99. The standard InChI is InChI=1S/C13H17N5/c14-8-9-18-13(12(10-15)16-17-18)7-6-11-4-2-1-3-5-11/h11H,1-7,9H2. The van der Waals surface area contributed by atoms with Crippen molar-refractivity contribution in [1.29, 1.82) is 10.5 Å². The van der Waals surface area contributed by atoms with E-state index in [1.165, 1.54) is 32.1 Å². The Labute approximate surface area is 107 Å². The molecule has 18 heavy (non-hydrogen) atoms. The Morgan fingerprint density at radius 2 is 2.00 bits per heavy atom. The second-order valence-electron chi connectivity index (χ2n) is 4.86. The quantitative estimate of drug-likeness (QED) is 0.812. The van der Waals surface area contributed by atoms with E-state index in [2.05, 4.69) is 22.5 Å². The maximum atomic E-state index is 8.99. The first-order valence-corrected chi connectivity index (χ1v) is 6.54. The fourth-order valence-electron chi connectivity index (χ4n) is 2.68. The summed E-state index contributed by atoms with van der Waals surface area (Å²) in [6.07, 6.45) is 8.48. The Bertz CT molecular complexity index is 471. The number of hydrogen-bond acceptors (Lipinski definition) is 4. The van der Waals surface area contributed by atoms with Crippen LogP contribution in [0.2, 0.25) is 0 Å². The molecular weight excluding hydrogens is 226 g/mol. The van der Waals surface area contributed by atoms with E-state index in [9.17, 15) is 0 Å². The van der Waals surface area contributed by atoms with Crippen LogP contribution in [0.15, 0.2) is 0 Å². The van der Waals surface area contributed by atoms with Crippen molar-refractivity contribution in [3.05, 3.63) is 11.4 Å². The third-order valence-corrected chi connectivity index (χ3v) is 3.68. The third kappa shape index (κ3) is 2.87. The highest BCUT2D eigenvalue weighted by molar-refractivity contribution is 5.25. The summed E-state index contributed by atoms with van der Waals surface area (Å²) in [5, 5.41) is 25.4. The summed E-state index contributed by atoms with van der Waals surface area (Å²) in [6.45, 7) is 0.175. The average molecular weight is 243 g/mol. The van der Waals surface area contributed by atoms with Crippen LogP contribution in [0.25, 0.3) is 0 Å². The number of nitriles is 2. The molecule has 0 atom stereocenters. The SMILES string of the molecule is N#CCn1nnc(C#N)c1CCC1CCCCC1. The Balaban J connectivity index is 2.01. The van der Waals surface area contributed by atoms with Crippen LogP contribution in [0.1, 0.15) is 49.9 Å². The van der Waals surface area contributed by atoms with Gasteiger partial charge in [-0.2, -0.15) is 10.5 Å². The molecule has 0 spiro atoms. The highest BCUT2D eigenvalue weighted by Crippen LogP contribution is 2.27. The Kier molecular flexibility index (Phi) is 4.30. The lowest BCUT2D eigenvalue weighted by Crippen LogP contribution is -2.10. The van der Waals surface area contributed by atoms with Crippen LogP contribution >= 0.6 is 0 Å². The van der Waals surface area contributed by atoms with Gasteiger partial charge in [0.2, 0.25) is 0 Å². The van der Waals surface area contributed by atoms with Crippen molar-refractivity contribution in [1.82, 2.24) is 15.0 Å². The van der Waals surface area contributed by atoms with E-state index >= 15 is 0 Å². The van der Waals surface area contributed by atoms with E-state index in [0.717, 1.165) is 24.5 Å². The summed E-state index contributed by atoms with van der Waals surface area (Å²) in [6, 6.07) is 4.11. The Hall–Kier alpha value is -1.88. The Morgan fingerprint density at radius 1 is 1.22 bits per heavy atom. The van der Waals surface area contributed by atoms with Gasteiger partial charge >= 0.3 is 0 Å². The van der Waals surface area contributed by atoms with Gasteiger partial charge in [0.15, 0.2) is 5.69 Å². The first-order chi connectivity index (χ1) is 8.85. The monoisotopic (exact) mass is 243 g/mol. The van der Waals surface area contributed by atoms with Crippen molar-refractivity contribution >= 4 is 0 Å². The second-order valence-corrected chi connectivity index (χ2v) is 4.86. The Morgan fingerprint density at radius 3 is 2.67 bits per heavy atom. The summed E-state index contributed by atoms with van der Waals surface area (Å²) in [5.41, 5.74) is 1.20. The normalized spacial score (nSPS) is 16.1. The summed E-state index contributed by atoms with van der Waals surface area (Å²) in [5.74, 6) is 0.760. The summed E-state index contributed by atoms with van der Waals surface area (Å²) >= 11 is 0. The van der Waals surface area contributed by atoms with Gasteiger partial charge in [-0.15, -0.1) is 5.10 Å². The van der Waals surface area contributed by atoms with E-state index < -0.39 is 0 Å². The van der Waals surface area contributed by atoms with Gasteiger partial charge in [-0.05, 0) is 18.8 Å². The minimum absolute atomic E-state index is 0.175. The highest BCUT2D eigenvalue weighted by atomic mass is 15.4. The second kappa shape index (κ2) is 6.16. The van der Waals surface area contributed by atoms with Gasteiger partial charge in [0.1, 0.15) is 12.6 Å². The van der Waals surface area contributed by atoms with Gasteiger partial charge in [-0.25, -0.2) is 4.68 Å². The molecular formula is C13H17N5. The molecule has 0 N–H and O–H groups in total. The fourth-order valence-corrected chi connectivity index (χ4v) is 2.68. The molecule has 0 radical (unpaired) electrons. The van der Waals surface area contributed by atoms with Gasteiger partial charge in [-0.3, -0.25) is 0 Å². The summed E-state index contributed by atoms with van der Waals surface area (Å²) in [4.78, 5) is 0. The lowest BCUT2D eigenvalue weighted by atomic mass is 9.85. The number of aromatic nitrogens is 3. The molecule has 1 aliphatic carbocycles. The number of hydrogen-bond donors (Lipinski definition) is 0. The summed E-state index contributed by atoms with van der Waals surface area (Å²) < 4.78 is 1.56. The van der Waals surface area contributed by atoms with Crippen LogP contribution in [-0.4, -0.2) is 15.0 Å². The molecule has 0 saturated heterocycles. The van der Waals surface area contributed by atoms with E-state index in [4.69, 9.17) is 10.5 Å². The van der Waals surface area contributed by atoms with Crippen LogP contribution in [0.5, 0.6) is 0 Å². The van der Waals surface area contributed by atoms with E-state index in [1.807, 2.05) is 0 Å². The van der Waals surface area contributed by atoms with Crippen molar-refractivity contribution in [3.8, 4) is 12.1 Å².